The van der Waals surface area contributed by atoms with E-state index in [0.29, 0.717) is 0 Å². The van der Waals surface area contributed by atoms with Gasteiger partial charge < -0.3 is 4.74 Å². The maximum absolute atomic E-state index is 13.5. The predicted molar refractivity (Wildman–Crippen MR) is 117 cm³/mol. The van der Waals surface area contributed by atoms with Crippen molar-refractivity contribution in [3.8, 4) is 0 Å². The van der Waals surface area contributed by atoms with Crippen LogP contribution in [-0.2, 0) is 4.74 Å². The molecular weight excluding hydrogens is 394 g/mol. The predicted octanol–water partition coefficient (Wildman–Crippen LogP) is 4.81. The van der Waals surface area contributed by atoms with Crippen molar-refractivity contribution in [3.63, 3.8) is 0 Å². The fourth-order valence-electron chi connectivity index (χ4n) is 4.58. The van der Waals surface area contributed by atoms with Gasteiger partial charge in [0.15, 0.2) is 0 Å². The Kier molecular flexibility index (Phi) is 5.81. The Morgan fingerprint density at radius 1 is 0.742 bits per heavy atom. The molecule has 0 radical (unpaired) electrons. The van der Waals surface area contributed by atoms with Crippen LogP contribution in [0.2, 0.25) is 0 Å². The van der Waals surface area contributed by atoms with E-state index < -0.39 is 0 Å². The Morgan fingerprint density at radius 2 is 1.29 bits per heavy atom. The molecule has 160 valence electrons. The fraction of sp³-hybridized carbons (Fsp3) is 0.308. The van der Waals surface area contributed by atoms with Crippen LogP contribution < -0.4 is 0 Å². The van der Waals surface area contributed by atoms with Crippen molar-refractivity contribution >= 4 is 0 Å². The largest absolute Gasteiger partial charge is 0.363 e. The van der Waals surface area contributed by atoms with Crippen LogP contribution in [0.15, 0.2) is 78.9 Å². The minimum Gasteiger partial charge on any atom is -0.363 e. The molecule has 3 aromatic rings. The van der Waals surface area contributed by atoms with Crippen molar-refractivity contribution in [2.75, 3.05) is 32.7 Å². The second-order valence-corrected chi connectivity index (χ2v) is 8.35. The molecule has 2 fully saturated rings. The molecule has 0 bridgehead atoms. The summed E-state index contributed by atoms with van der Waals surface area (Å²) in [5, 5.41) is 0. The van der Waals surface area contributed by atoms with Crippen LogP contribution in [-0.4, -0.2) is 48.6 Å². The quantitative estimate of drug-likeness (QED) is 0.534. The standard InChI is InChI=1S/C26H26F2N2O/c27-22-10-6-19(7-11-22)25(20-8-12-23(28)13-9-20)30-16-14-29(15-17-30)18-24-26(31-24)21-4-2-1-3-5-21/h1-13,24-26H,14-18H2. The molecule has 3 aromatic carbocycles. The highest BCUT2D eigenvalue weighted by Crippen LogP contribution is 2.39. The van der Waals surface area contributed by atoms with Gasteiger partial charge >= 0.3 is 0 Å². The van der Waals surface area contributed by atoms with Crippen LogP contribution in [0.4, 0.5) is 8.78 Å². The molecule has 5 heteroatoms. The molecule has 3 nitrogen and oxygen atoms in total. The summed E-state index contributed by atoms with van der Waals surface area (Å²) < 4.78 is 32.9. The first kappa shape index (κ1) is 20.3. The summed E-state index contributed by atoms with van der Waals surface area (Å²) in [6, 6.07) is 23.7. The first-order chi connectivity index (χ1) is 15.2. The summed E-state index contributed by atoms with van der Waals surface area (Å²) in [4.78, 5) is 4.86. The van der Waals surface area contributed by atoms with Crippen LogP contribution in [0.5, 0.6) is 0 Å². The second-order valence-electron chi connectivity index (χ2n) is 8.35. The van der Waals surface area contributed by atoms with Crippen LogP contribution in [0.1, 0.15) is 28.8 Å². The van der Waals surface area contributed by atoms with Gasteiger partial charge in [-0.05, 0) is 41.0 Å². The molecule has 2 unspecified atom stereocenters. The van der Waals surface area contributed by atoms with E-state index in [-0.39, 0.29) is 29.9 Å². The van der Waals surface area contributed by atoms with E-state index >= 15 is 0 Å². The smallest absolute Gasteiger partial charge is 0.123 e. The van der Waals surface area contributed by atoms with Crippen molar-refractivity contribution in [1.82, 2.24) is 9.80 Å². The summed E-state index contributed by atoms with van der Waals surface area (Å²) in [5.74, 6) is -0.493. The first-order valence-electron chi connectivity index (χ1n) is 10.8. The lowest BCUT2D eigenvalue weighted by Gasteiger charge is -2.39. The van der Waals surface area contributed by atoms with Gasteiger partial charge in [0.05, 0.1) is 6.04 Å². The summed E-state index contributed by atoms with van der Waals surface area (Å²) in [6.07, 6.45) is 0.476. The Bertz CT molecular complexity index is 941. The van der Waals surface area contributed by atoms with Gasteiger partial charge in [0, 0.05) is 32.7 Å². The number of epoxide rings is 1. The van der Waals surface area contributed by atoms with Crippen LogP contribution in [0.3, 0.4) is 0 Å². The average molecular weight is 421 g/mol. The van der Waals surface area contributed by atoms with Gasteiger partial charge in [-0.3, -0.25) is 9.80 Å². The number of ether oxygens (including phenoxy) is 1. The minimum absolute atomic E-state index is 0.0161. The zero-order valence-electron chi connectivity index (χ0n) is 17.3. The van der Waals surface area contributed by atoms with Crippen molar-refractivity contribution in [2.45, 2.75) is 18.2 Å². The topological polar surface area (TPSA) is 19.0 Å². The summed E-state index contributed by atoms with van der Waals surface area (Å²) >= 11 is 0. The van der Waals surface area contributed by atoms with E-state index in [1.54, 1.807) is 0 Å². The molecule has 2 heterocycles. The van der Waals surface area contributed by atoms with Gasteiger partial charge in [0.2, 0.25) is 0 Å². The highest BCUT2D eigenvalue weighted by molar-refractivity contribution is 5.32. The summed E-state index contributed by atoms with van der Waals surface area (Å²) in [5.41, 5.74) is 3.30. The molecule has 0 N–H and O–H groups in total. The number of hydrogen-bond acceptors (Lipinski definition) is 3. The molecule has 2 aliphatic heterocycles. The van der Waals surface area contributed by atoms with E-state index in [9.17, 15) is 8.78 Å². The normalized spacial score (nSPS) is 22.0. The average Bonchev–Trinajstić information content (AvgIpc) is 3.57. The molecule has 0 amide bonds. The Morgan fingerprint density at radius 3 is 1.84 bits per heavy atom. The number of piperazine rings is 1. The molecule has 31 heavy (non-hydrogen) atoms. The molecule has 0 aromatic heterocycles. The van der Waals surface area contributed by atoms with Crippen LogP contribution in [0, 0.1) is 11.6 Å². The third kappa shape index (κ3) is 4.69. The number of hydrogen-bond donors (Lipinski definition) is 0. The number of rotatable bonds is 6. The van der Waals surface area contributed by atoms with Crippen molar-refractivity contribution in [1.29, 1.82) is 0 Å². The van der Waals surface area contributed by atoms with E-state index in [2.05, 4.69) is 34.1 Å². The maximum Gasteiger partial charge on any atom is 0.123 e. The van der Waals surface area contributed by atoms with Gasteiger partial charge in [-0.15, -0.1) is 0 Å². The van der Waals surface area contributed by atoms with E-state index in [4.69, 9.17) is 4.74 Å². The Labute approximate surface area is 181 Å². The van der Waals surface area contributed by atoms with Gasteiger partial charge in [-0.1, -0.05) is 54.6 Å². The molecule has 2 saturated heterocycles. The van der Waals surface area contributed by atoms with Gasteiger partial charge in [0.25, 0.3) is 0 Å². The highest BCUT2D eigenvalue weighted by Gasteiger charge is 2.41. The van der Waals surface area contributed by atoms with Crippen molar-refractivity contribution in [2.24, 2.45) is 0 Å². The molecule has 2 atom stereocenters. The van der Waals surface area contributed by atoms with Crippen molar-refractivity contribution in [3.05, 3.63) is 107 Å². The Balaban J connectivity index is 1.24. The maximum atomic E-state index is 13.5. The van der Waals surface area contributed by atoms with Crippen LogP contribution in [0.25, 0.3) is 0 Å². The Hall–Kier alpha value is -2.60. The lowest BCUT2D eigenvalue weighted by Crippen LogP contribution is -2.48. The van der Waals surface area contributed by atoms with Gasteiger partial charge in [0.1, 0.15) is 23.8 Å². The number of halogens is 2. The van der Waals surface area contributed by atoms with E-state index in [1.165, 1.54) is 29.8 Å². The molecule has 0 spiro atoms. The summed E-state index contributed by atoms with van der Waals surface area (Å²) in [7, 11) is 0. The van der Waals surface area contributed by atoms with Gasteiger partial charge in [-0.2, -0.15) is 0 Å². The van der Waals surface area contributed by atoms with Crippen LogP contribution >= 0.6 is 0 Å². The lowest BCUT2D eigenvalue weighted by atomic mass is 9.96. The fourth-order valence-corrected chi connectivity index (χ4v) is 4.58. The van der Waals surface area contributed by atoms with Crippen molar-refractivity contribution < 1.29 is 13.5 Å². The second kappa shape index (κ2) is 8.87. The minimum atomic E-state index is -0.246. The molecule has 0 aliphatic carbocycles. The lowest BCUT2D eigenvalue weighted by molar-refractivity contribution is 0.104. The molecule has 2 aliphatic rings. The zero-order valence-corrected chi connectivity index (χ0v) is 17.3. The van der Waals surface area contributed by atoms with E-state index in [1.807, 2.05) is 30.3 Å². The highest BCUT2D eigenvalue weighted by atomic mass is 19.1. The van der Waals surface area contributed by atoms with Gasteiger partial charge in [-0.25, -0.2) is 8.78 Å². The number of benzene rings is 3. The number of nitrogens with zero attached hydrogens (tertiary/aromatic N) is 2. The first-order valence-corrected chi connectivity index (χ1v) is 10.8. The zero-order chi connectivity index (χ0) is 21.2. The SMILES string of the molecule is Fc1ccc(C(c2ccc(F)cc2)N2CCN(CC3OC3c3ccccc3)CC2)cc1. The van der Waals surface area contributed by atoms with E-state index in [0.717, 1.165) is 43.9 Å². The summed E-state index contributed by atoms with van der Waals surface area (Å²) in [6.45, 7) is 4.61. The third-order valence-corrected chi connectivity index (χ3v) is 6.29. The molecule has 5 rings (SSSR count). The third-order valence-electron chi connectivity index (χ3n) is 6.29. The molecular formula is C26H26F2N2O. The molecule has 0 saturated carbocycles. The monoisotopic (exact) mass is 420 g/mol.